The van der Waals surface area contributed by atoms with Gasteiger partial charge in [-0.1, -0.05) is 23.7 Å². The summed E-state index contributed by atoms with van der Waals surface area (Å²) >= 11 is 6.03. The van der Waals surface area contributed by atoms with Crippen LogP contribution in [0.5, 0.6) is 0 Å². The zero-order valence-corrected chi connectivity index (χ0v) is 11.3. The van der Waals surface area contributed by atoms with Gasteiger partial charge in [-0.2, -0.15) is 0 Å². The zero-order chi connectivity index (χ0) is 13.4. The summed E-state index contributed by atoms with van der Waals surface area (Å²) in [6, 6.07) is 11.7. The molecule has 3 aromatic rings. The standard InChI is InChI=1S/C15H14ClN3/c1-9-6-10(2-4-12(9)16)7-15-18-13-5-3-11(17)8-14(13)19-15/h2-6,8H,7,17H2,1H3,(H,18,19). The van der Waals surface area contributed by atoms with Crippen molar-refractivity contribution in [2.24, 2.45) is 0 Å². The second kappa shape index (κ2) is 4.59. The molecule has 0 unspecified atom stereocenters. The number of aryl methyl sites for hydroxylation is 1. The van der Waals surface area contributed by atoms with E-state index in [0.29, 0.717) is 0 Å². The van der Waals surface area contributed by atoms with Gasteiger partial charge in [-0.25, -0.2) is 4.98 Å². The van der Waals surface area contributed by atoms with E-state index in [1.165, 1.54) is 5.56 Å². The van der Waals surface area contributed by atoms with Crippen LogP contribution in [0.3, 0.4) is 0 Å². The number of hydrogen-bond donors (Lipinski definition) is 2. The first-order valence-corrected chi connectivity index (χ1v) is 6.49. The predicted octanol–water partition coefficient (Wildman–Crippen LogP) is 3.70. The molecule has 3 N–H and O–H groups in total. The van der Waals surface area contributed by atoms with E-state index >= 15 is 0 Å². The van der Waals surface area contributed by atoms with Crippen LogP contribution < -0.4 is 5.73 Å². The topological polar surface area (TPSA) is 54.7 Å². The van der Waals surface area contributed by atoms with Crippen LogP contribution >= 0.6 is 11.6 Å². The Kier molecular flexibility index (Phi) is 2.91. The van der Waals surface area contributed by atoms with E-state index in [1.54, 1.807) is 0 Å². The maximum absolute atomic E-state index is 6.03. The Morgan fingerprint density at radius 1 is 1.21 bits per heavy atom. The first kappa shape index (κ1) is 12.1. The maximum Gasteiger partial charge on any atom is 0.111 e. The maximum atomic E-state index is 6.03. The molecule has 0 amide bonds. The number of aromatic amines is 1. The highest BCUT2D eigenvalue weighted by Gasteiger charge is 2.05. The van der Waals surface area contributed by atoms with Gasteiger partial charge >= 0.3 is 0 Å². The lowest BCUT2D eigenvalue weighted by Crippen LogP contribution is -1.91. The second-order valence-corrected chi connectivity index (χ2v) is 5.13. The summed E-state index contributed by atoms with van der Waals surface area (Å²) in [5.41, 5.74) is 10.7. The fourth-order valence-corrected chi connectivity index (χ4v) is 2.29. The molecule has 3 rings (SSSR count). The molecule has 2 aromatic carbocycles. The van der Waals surface area contributed by atoms with E-state index in [-0.39, 0.29) is 0 Å². The molecule has 0 aliphatic rings. The van der Waals surface area contributed by atoms with Crippen LogP contribution in [0.4, 0.5) is 5.69 Å². The molecular weight excluding hydrogens is 258 g/mol. The van der Waals surface area contributed by atoms with Gasteiger partial charge in [0.25, 0.3) is 0 Å². The van der Waals surface area contributed by atoms with Crippen molar-refractivity contribution in [3.8, 4) is 0 Å². The number of rotatable bonds is 2. The minimum atomic E-state index is 0.741. The summed E-state index contributed by atoms with van der Waals surface area (Å²) in [5.74, 6) is 0.933. The quantitative estimate of drug-likeness (QED) is 0.698. The fraction of sp³-hybridized carbons (Fsp3) is 0.133. The van der Waals surface area contributed by atoms with Crippen LogP contribution in [0.2, 0.25) is 5.02 Å². The lowest BCUT2D eigenvalue weighted by molar-refractivity contribution is 1.04. The molecule has 1 heterocycles. The first-order chi connectivity index (χ1) is 9.11. The molecule has 4 heteroatoms. The van der Waals surface area contributed by atoms with Gasteiger partial charge in [0.1, 0.15) is 5.82 Å². The number of anilines is 1. The summed E-state index contributed by atoms with van der Waals surface area (Å²) in [6.07, 6.45) is 0.757. The number of aromatic nitrogens is 2. The Morgan fingerprint density at radius 2 is 2.05 bits per heavy atom. The molecule has 0 saturated carbocycles. The summed E-state index contributed by atoms with van der Waals surface area (Å²) < 4.78 is 0. The molecule has 0 aliphatic carbocycles. The molecule has 0 fully saturated rings. The average molecular weight is 272 g/mol. The van der Waals surface area contributed by atoms with Crippen molar-refractivity contribution in [2.45, 2.75) is 13.3 Å². The monoisotopic (exact) mass is 271 g/mol. The van der Waals surface area contributed by atoms with E-state index in [4.69, 9.17) is 17.3 Å². The van der Waals surface area contributed by atoms with Crippen LogP contribution in [0.1, 0.15) is 17.0 Å². The van der Waals surface area contributed by atoms with E-state index < -0.39 is 0 Å². The van der Waals surface area contributed by atoms with Gasteiger partial charge in [0.05, 0.1) is 11.0 Å². The van der Waals surface area contributed by atoms with Crippen molar-refractivity contribution < 1.29 is 0 Å². The van der Waals surface area contributed by atoms with Crippen LogP contribution in [-0.2, 0) is 6.42 Å². The van der Waals surface area contributed by atoms with Gasteiger partial charge in [0.15, 0.2) is 0 Å². The molecule has 3 nitrogen and oxygen atoms in total. The largest absolute Gasteiger partial charge is 0.399 e. The molecule has 0 saturated heterocycles. The van der Waals surface area contributed by atoms with Crippen molar-refractivity contribution in [1.82, 2.24) is 9.97 Å². The third-order valence-corrected chi connectivity index (χ3v) is 3.57. The van der Waals surface area contributed by atoms with Crippen LogP contribution in [0.25, 0.3) is 11.0 Å². The van der Waals surface area contributed by atoms with Crippen molar-refractivity contribution >= 4 is 28.3 Å². The van der Waals surface area contributed by atoms with Crippen LogP contribution in [0.15, 0.2) is 36.4 Å². The smallest absolute Gasteiger partial charge is 0.111 e. The number of imidazole rings is 1. The zero-order valence-electron chi connectivity index (χ0n) is 10.6. The van der Waals surface area contributed by atoms with Gasteiger partial charge in [0, 0.05) is 17.1 Å². The Morgan fingerprint density at radius 3 is 2.84 bits per heavy atom. The molecule has 0 spiro atoms. The Hall–Kier alpha value is -2.00. The number of H-pyrrole nitrogens is 1. The van der Waals surface area contributed by atoms with Gasteiger partial charge in [-0.05, 0) is 42.3 Å². The molecule has 96 valence electrons. The number of fused-ring (bicyclic) bond motifs is 1. The highest BCUT2D eigenvalue weighted by Crippen LogP contribution is 2.20. The molecule has 0 bridgehead atoms. The first-order valence-electron chi connectivity index (χ1n) is 6.11. The lowest BCUT2D eigenvalue weighted by atomic mass is 10.1. The second-order valence-electron chi connectivity index (χ2n) is 4.72. The third-order valence-electron chi connectivity index (χ3n) is 3.15. The Bertz CT molecular complexity index is 746. The summed E-state index contributed by atoms with van der Waals surface area (Å²) in [6.45, 7) is 2.01. The molecule has 0 aliphatic heterocycles. The van der Waals surface area contributed by atoms with E-state index in [2.05, 4.69) is 16.0 Å². The normalized spacial score (nSPS) is 11.1. The van der Waals surface area contributed by atoms with Gasteiger partial charge in [-0.15, -0.1) is 0 Å². The van der Waals surface area contributed by atoms with Crippen molar-refractivity contribution in [3.05, 3.63) is 58.4 Å². The minimum Gasteiger partial charge on any atom is -0.399 e. The lowest BCUT2D eigenvalue weighted by Gasteiger charge is -2.02. The Balaban J connectivity index is 1.94. The molecule has 1 aromatic heterocycles. The molecule has 0 radical (unpaired) electrons. The van der Waals surface area contributed by atoms with Gasteiger partial charge in [0.2, 0.25) is 0 Å². The number of benzene rings is 2. The van der Waals surface area contributed by atoms with Crippen molar-refractivity contribution in [3.63, 3.8) is 0 Å². The molecule has 19 heavy (non-hydrogen) atoms. The van der Waals surface area contributed by atoms with Crippen LogP contribution in [0, 0.1) is 6.92 Å². The highest BCUT2D eigenvalue weighted by molar-refractivity contribution is 6.31. The van der Waals surface area contributed by atoms with Crippen LogP contribution in [-0.4, -0.2) is 9.97 Å². The number of nitrogens with two attached hydrogens (primary N) is 1. The SMILES string of the molecule is Cc1cc(Cc2nc3ccc(N)cc3[nH]2)ccc1Cl. The Labute approximate surface area is 116 Å². The van der Waals surface area contributed by atoms with Crippen molar-refractivity contribution in [2.75, 3.05) is 5.73 Å². The molecule has 0 atom stereocenters. The van der Waals surface area contributed by atoms with E-state index in [9.17, 15) is 0 Å². The van der Waals surface area contributed by atoms with Gasteiger partial charge < -0.3 is 10.7 Å². The van der Waals surface area contributed by atoms with E-state index in [0.717, 1.165) is 39.6 Å². The summed E-state index contributed by atoms with van der Waals surface area (Å²) in [4.78, 5) is 7.85. The number of halogens is 1. The summed E-state index contributed by atoms with van der Waals surface area (Å²) in [7, 11) is 0. The fourth-order valence-electron chi connectivity index (χ4n) is 2.17. The number of nitrogens with zero attached hydrogens (tertiary/aromatic N) is 1. The number of nitrogen functional groups attached to an aromatic ring is 1. The number of nitrogens with one attached hydrogen (secondary N) is 1. The average Bonchev–Trinajstić information content (AvgIpc) is 2.75. The van der Waals surface area contributed by atoms with Crippen molar-refractivity contribution in [1.29, 1.82) is 0 Å². The van der Waals surface area contributed by atoms with Gasteiger partial charge in [-0.3, -0.25) is 0 Å². The predicted molar refractivity (Wildman–Crippen MR) is 79.5 cm³/mol. The molecular formula is C15H14ClN3. The third kappa shape index (κ3) is 2.42. The summed E-state index contributed by atoms with van der Waals surface area (Å²) in [5, 5.41) is 0.793. The number of hydrogen-bond acceptors (Lipinski definition) is 2. The highest BCUT2D eigenvalue weighted by atomic mass is 35.5. The van der Waals surface area contributed by atoms with E-state index in [1.807, 2.05) is 37.3 Å². The minimum absolute atomic E-state index is 0.741.